The number of likely N-dealkylation sites (N-methyl/N-ethyl adjacent to an activating group) is 1. The molecule has 1 amide bonds. The summed E-state index contributed by atoms with van der Waals surface area (Å²) >= 11 is 0. The highest BCUT2D eigenvalue weighted by molar-refractivity contribution is 5.92. The van der Waals surface area contributed by atoms with Gasteiger partial charge in [-0.25, -0.2) is 8.78 Å². The second kappa shape index (κ2) is 4.66. The molecule has 0 aliphatic rings. The molecule has 0 radical (unpaired) electrons. The van der Waals surface area contributed by atoms with Gasteiger partial charge >= 0.3 is 0 Å². The lowest BCUT2D eigenvalue weighted by Gasteiger charge is -2.05. The van der Waals surface area contributed by atoms with E-state index in [1.54, 1.807) is 7.05 Å². The maximum Gasteiger partial charge on any atom is 0.238 e. The molecule has 0 aliphatic carbocycles. The summed E-state index contributed by atoms with van der Waals surface area (Å²) in [5, 5.41) is 4.83. The van der Waals surface area contributed by atoms with E-state index in [2.05, 4.69) is 10.6 Å². The van der Waals surface area contributed by atoms with Crippen LogP contribution in [-0.2, 0) is 4.79 Å². The van der Waals surface area contributed by atoms with Crippen molar-refractivity contribution in [2.45, 2.75) is 0 Å². The third-order valence-corrected chi connectivity index (χ3v) is 1.54. The molecule has 0 aliphatic heterocycles. The highest BCUT2D eigenvalue weighted by Gasteiger charge is 2.06. The monoisotopic (exact) mass is 200 g/mol. The Kier molecular flexibility index (Phi) is 3.53. The number of anilines is 1. The number of carbonyl (C=O) groups is 1. The molecule has 0 spiro atoms. The lowest BCUT2D eigenvalue weighted by atomic mass is 10.3. The first-order chi connectivity index (χ1) is 6.63. The van der Waals surface area contributed by atoms with Crippen LogP contribution >= 0.6 is 0 Å². The fourth-order valence-corrected chi connectivity index (χ4v) is 0.948. The first-order valence-electron chi connectivity index (χ1n) is 4.03. The Bertz CT molecular complexity index is 342. The van der Waals surface area contributed by atoms with Crippen molar-refractivity contribution in [2.75, 3.05) is 18.9 Å². The van der Waals surface area contributed by atoms with Crippen molar-refractivity contribution in [1.82, 2.24) is 5.32 Å². The smallest absolute Gasteiger partial charge is 0.238 e. The molecule has 0 atom stereocenters. The number of hydrogen-bond donors (Lipinski definition) is 2. The second-order valence-electron chi connectivity index (χ2n) is 2.70. The lowest BCUT2D eigenvalue weighted by molar-refractivity contribution is -0.115. The van der Waals surface area contributed by atoms with Gasteiger partial charge < -0.3 is 10.6 Å². The molecule has 1 rings (SSSR count). The molecule has 0 aromatic heterocycles. The van der Waals surface area contributed by atoms with Crippen molar-refractivity contribution < 1.29 is 13.6 Å². The Morgan fingerprint density at radius 3 is 2.79 bits per heavy atom. The van der Waals surface area contributed by atoms with Crippen LogP contribution in [0.1, 0.15) is 0 Å². The number of halogens is 2. The summed E-state index contributed by atoms with van der Waals surface area (Å²) in [5.41, 5.74) is -0.148. The van der Waals surface area contributed by atoms with Crippen molar-refractivity contribution in [1.29, 1.82) is 0 Å². The predicted molar refractivity (Wildman–Crippen MR) is 48.9 cm³/mol. The first kappa shape index (κ1) is 10.6. The van der Waals surface area contributed by atoms with Gasteiger partial charge in [-0.1, -0.05) is 0 Å². The Morgan fingerprint density at radius 1 is 1.43 bits per heavy atom. The Labute approximate surface area is 80.1 Å². The van der Waals surface area contributed by atoms with E-state index in [1.807, 2.05) is 0 Å². The van der Waals surface area contributed by atoms with E-state index in [4.69, 9.17) is 0 Å². The normalized spacial score (nSPS) is 9.93. The molecule has 1 aromatic rings. The summed E-state index contributed by atoms with van der Waals surface area (Å²) in [5.74, 6) is -1.67. The van der Waals surface area contributed by atoms with Crippen LogP contribution in [0, 0.1) is 11.6 Å². The summed E-state index contributed by atoms with van der Waals surface area (Å²) in [6, 6.07) is 2.89. The van der Waals surface area contributed by atoms with Crippen molar-refractivity contribution in [3.05, 3.63) is 29.8 Å². The number of hydrogen-bond acceptors (Lipinski definition) is 2. The number of benzene rings is 1. The van der Waals surface area contributed by atoms with Gasteiger partial charge in [-0.3, -0.25) is 4.79 Å². The van der Waals surface area contributed by atoms with Gasteiger partial charge in [-0.15, -0.1) is 0 Å². The summed E-state index contributed by atoms with van der Waals surface area (Å²) < 4.78 is 25.6. The maximum absolute atomic E-state index is 13.0. The Hall–Kier alpha value is -1.49. The Balaban J connectivity index is 2.75. The fourth-order valence-electron chi connectivity index (χ4n) is 0.948. The van der Waals surface area contributed by atoms with Crippen LogP contribution in [0.4, 0.5) is 14.5 Å². The first-order valence-corrected chi connectivity index (χ1v) is 4.03. The minimum absolute atomic E-state index is 0.0515. The zero-order chi connectivity index (χ0) is 10.6. The largest absolute Gasteiger partial charge is 0.322 e. The van der Waals surface area contributed by atoms with E-state index < -0.39 is 17.5 Å². The maximum atomic E-state index is 13.0. The van der Waals surface area contributed by atoms with Crippen LogP contribution in [0.2, 0.25) is 0 Å². The van der Waals surface area contributed by atoms with Crippen molar-refractivity contribution in [3.63, 3.8) is 0 Å². The highest BCUT2D eigenvalue weighted by atomic mass is 19.1. The fraction of sp³-hybridized carbons (Fsp3) is 0.222. The molecule has 0 bridgehead atoms. The molecule has 1 aromatic carbocycles. The Morgan fingerprint density at radius 2 is 2.14 bits per heavy atom. The standard InChI is InChI=1S/C9H10F2N2O/c1-12-5-9(14)13-8-4-6(10)2-3-7(8)11/h2-4,12H,5H2,1H3,(H,13,14). The van der Waals surface area contributed by atoms with E-state index in [0.717, 1.165) is 18.2 Å². The van der Waals surface area contributed by atoms with Crippen LogP contribution in [0.3, 0.4) is 0 Å². The molecule has 76 valence electrons. The van der Waals surface area contributed by atoms with Crippen molar-refractivity contribution in [3.8, 4) is 0 Å². The molecular formula is C9H10F2N2O. The van der Waals surface area contributed by atoms with Gasteiger partial charge in [0.1, 0.15) is 11.6 Å². The summed E-state index contributed by atoms with van der Waals surface area (Å²) in [4.78, 5) is 11.0. The van der Waals surface area contributed by atoms with Crippen LogP contribution < -0.4 is 10.6 Å². The lowest BCUT2D eigenvalue weighted by Crippen LogP contribution is -2.25. The molecule has 0 saturated carbocycles. The molecule has 3 nitrogen and oxygen atoms in total. The van der Waals surface area contributed by atoms with Crippen LogP contribution in [0.25, 0.3) is 0 Å². The molecule has 0 heterocycles. The molecule has 14 heavy (non-hydrogen) atoms. The topological polar surface area (TPSA) is 41.1 Å². The molecule has 0 fully saturated rings. The molecule has 0 saturated heterocycles. The molecular weight excluding hydrogens is 190 g/mol. The van der Waals surface area contributed by atoms with Crippen LogP contribution in [0.5, 0.6) is 0 Å². The summed E-state index contributed by atoms with van der Waals surface area (Å²) in [6.07, 6.45) is 0. The highest BCUT2D eigenvalue weighted by Crippen LogP contribution is 2.14. The van der Waals surface area contributed by atoms with E-state index in [0.29, 0.717) is 0 Å². The third kappa shape index (κ3) is 2.77. The number of rotatable bonds is 3. The predicted octanol–water partition coefficient (Wildman–Crippen LogP) is 1.12. The van der Waals surface area contributed by atoms with E-state index in [9.17, 15) is 13.6 Å². The quantitative estimate of drug-likeness (QED) is 0.767. The van der Waals surface area contributed by atoms with Gasteiger partial charge in [0.15, 0.2) is 0 Å². The van der Waals surface area contributed by atoms with Gasteiger partial charge in [-0.2, -0.15) is 0 Å². The van der Waals surface area contributed by atoms with E-state index >= 15 is 0 Å². The molecule has 5 heteroatoms. The number of carbonyl (C=O) groups excluding carboxylic acids is 1. The summed E-state index contributed by atoms with van der Waals surface area (Å²) in [7, 11) is 1.58. The van der Waals surface area contributed by atoms with Gasteiger partial charge in [0, 0.05) is 6.07 Å². The van der Waals surface area contributed by atoms with E-state index in [1.165, 1.54) is 0 Å². The van der Waals surface area contributed by atoms with Gasteiger partial charge in [0.25, 0.3) is 0 Å². The molecule has 0 unspecified atom stereocenters. The number of amides is 1. The van der Waals surface area contributed by atoms with Crippen LogP contribution in [-0.4, -0.2) is 19.5 Å². The third-order valence-electron chi connectivity index (χ3n) is 1.54. The SMILES string of the molecule is CNCC(=O)Nc1cc(F)ccc1F. The average Bonchev–Trinajstić information content (AvgIpc) is 2.12. The summed E-state index contributed by atoms with van der Waals surface area (Å²) in [6.45, 7) is 0.0515. The minimum atomic E-state index is -0.657. The second-order valence-corrected chi connectivity index (χ2v) is 2.70. The minimum Gasteiger partial charge on any atom is -0.322 e. The van der Waals surface area contributed by atoms with Crippen molar-refractivity contribution in [2.24, 2.45) is 0 Å². The zero-order valence-electron chi connectivity index (χ0n) is 7.60. The van der Waals surface area contributed by atoms with Crippen LogP contribution in [0.15, 0.2) is 18.2 Å². The zero-order valence-corrected chi connectivity index (χ0v) is 7.60. The van der Waals surface area contributed by atoms with Crippen molar-refractivity contribution >= 4 is 11.6 Å². The molecule has 2 N–H and O–H groups in total. The van der Waals surface area contributed by atoms with Gasteiger partial charge in [0.05, 0.1) is 12.2 Å². The van der Waals surface area contributed by atoms with Gasteiger partial charge in [0.2, 0.25) is 5.91 Å². The average molecular weight is 200 g/mol. The van der Waals surface area contributed by atoms with E-state index in [-0.39, 0.29) is 12.2 Å². The van der Waals surface area contributed by atoms with Gasteiger partial charge in [-0.05, 0) is 19.2 Å². The number of nitrogens with one attached hydrogen (secondary N) is 2.